The second kappa shape index (κ2) is 5.69. The number of hydrogen-bond donors (Lipinski definition) is 3. The zero-order chi connectivity index (χ0) is 10.7. The van der Waals surface area contributed by atoms with Crippen LogP contribution in [-0.2, 0) is 11.2 Å². The summed E-state index contributed by atoms with van der Waals surface area (Å²) in [6.07, 6.45) is -0.0204. The molecule has 0 unspecified atom stereocenters. The monoisotopic (exact) mass is 403 g/mol. The molecule has 4 N–H and O–H groups in total. The molecule has 0 saturated carbocycles. The molecule has 0 spiro atoms. The Kier molecular flexibility index (Phi) is 5.26. The molecular formula is C9H9NO4Pb. The van der Waals surface area contributed by atoms with Crippen molar-refractivity contribution in [2.24, 2.45) is 5.73 Å². The summed E-state index contributed by atoms with van der Waals surface area (Å²) < 4.78 is 0. The van der Waals surface area contributed by atoms with E-state index in [-0.39, 0.29) is 45.0 Å². The smallest absolute Gasteiger partial charge is 0.339 e. The van der Waals surface area contributed by atoms with Crippen LogP contribution in [0.4, 0.5) is 0 Å². The average Bonchev–Trinajstić information content (AvgIpc) is 2.01. The number of benzene rings is 1. The maximum absolute atomic E-state index is 10.5. The van der Waals surface area contributed by atoms with Crippen molar-refractivity contribution in [2.75, 3.05) is 0 Å². The van der Waals surface area contributed by atoms with Gasteiger partial charge < -0.3 is 15.9 Å². The Balaban J connectivity index is 0.00000196. The van der Waals surface area contributed by atoms with E-state index in [0.29, 0.717) is 5.56 Å². The Morgan fingerprint density at radius 2 is 1.93 bits per heavy atom. The van der Waals surface area contributed by atoms with Gasteiger partial charge >= 0.3 is 5.97 Å². The van der Waals surface area contributed by atoms with E-state index in [1.807, 2.05) is 0 Å². The summed E-state index contributed by atoms with van der Waals surface area (Å²) in [5, 5.41) is 17.8. The first-order valence-electron chi connectivity index (χ1n) is 3.84. The largest absolute Gasteiger partial charge is 0.507 e. The molecule has 0 aromatic heterocycles. The predicted octanol–water partition coefficient (Wildman–Crippen LogP) is -0.263. The van der Waals surface area contributed by atoms with E-state index in [2.05, 4.69) is 0 Å². The zero-order valence-electron chi connectivity index (χ0n) is 7.73. The first-order valence-corrected chi connectivity index (χ1v) is 3.84. The van der Waals surface area contributed by atoms with Crippen molar-refractivity contribution >= 4 is 39.2 Å². The number of aromatic carboxylic acids is 1. The number of rotatable bonds is 3. The van der Waals surface area contributed by atoms with E-state index in [9.17, 15) is 14.7 Å². The van der Waals surface area contributed by atoms with E-state index in [1.54, 1.807) is 0 Å². The number of primary amides is 1. The van der Waals surface area contributed by atoms with Crippen LogP contribution in [0, 0.1) is 0 Å². The van der Waals surface area contributed by atoms with Crippen LogP contribution in [0.1, 0.15) is 15.9 Å². The molecule has 1 rings (SSSR count). The zero-order valence-corrected chi connectivity index (χ0v) is 11.6. The van der Waals surface area contributed by atoms with Gasteiger partial charge in [0.15, 0.2) is 0 Å². The van der Waals surface area contributed by atoms with E-state index in [1.165, 1.54) is 18.2 Å². The Labute approximate surface area is 106 Å². The number of amides is 1. The second-order valence-corrected chi connectivity index (χ2v) is 2.80. The predicted molar refractivity (Wildman–Crippen MR) is 53.7 cm³/mol. The van der Waals surface area contributed by atoms with Crippen LogP contribution in [0.3, 0.4) is 0 Å². The summed E-state index contributed by atoms with van der Waals surface area (Å²) in [7, 11) is 0. The van der Waals surface area contributed by atoms with Gasteiger partial charge in [-0.25, -0.2) is 4.79 Å². The van der Waals surface area contributed by atoms with Gasteiger partial charge in [0.1, 0.15) is 11.3 Å². The van der Waals surface area contributed by atoms with Gasteiger partial charge in [-0.3, -0.25) is 4.79 Å². The fourth-order valence-corrected chi connectivity index (χ4v) is 1.07. The van der Waals surface area contributed by atoms with Crippen LogP contribution in [0.2, 0.25) is 0 Å². The van der Waals surface area contributed by atoms with Gasteiger partial charge in [-0.15, -0.1) is 0 Å². The number of carbonyl (C=O) groups is 2. The Morgan fingerprint density at radius 3 is 2.33 bits per heavy atom. The van der Waals surface area contributed by atoms with Crippen LogP contribution in [0.25, 0.3) is 0 Å². The molecule has 1 aromatic rings. The van der Waals surface area contributed by atoms with Gasteiger partial charge in [-0.1, -0.05) is 6.07 Å². The molecule has 15 heavy (non-hydrogen) atoms. The maximum atomic E-state index is 10.5. The van der Waals surface area contributed by atoms with Gasteiger partial charge in [-0.05, 0) is 17.7 Å². The van der Waals surface area contributed by atoms with Crippen molar-refractivity contribution in [1.29, 1.82) is 0 Å². The molecule has 0 heterocycles. The third-order valence-corrected chi connectivity index (χ3v) is 1.67. The van der Waals surface area contributed by atoms with Crippen molar-refractivity contribution < 1.29 is 19.8 Å². The number of nitrogens with two attached hydrogens (primary N) is 1. The summed E-state index contributed by atoms with van der Waals surface area (Å²) in [5.74, 6) is -2.11. The van der Waals surface area contributed by atoms with E-state index < -0.39 is 11.9 Å². The molecule has 0 aliphatic rings. The summed E-state index contributed by atoms with van der Waals surface area (Å²) in [4.78, 5) is 21.0. The first-order chi connectivity index (χ1) is 6.50. The fraction of sp³-hybridized carbons (Fsp3) is 0.111. The van der Waals surface area contributed by atoms with Crippen LogP contribution in [0.15, 0.2) is 18.2 Å². The molecule has 0 atom stereocenters. The van der Waals surface area contributed by atoms with Crippen molar-refractivity contribution in [1.82, 2.24) is 0 Å². The first kappa shape index (κ1) is 13.9. The molecule has 78 valence electrons. The van der Waals surface area contributed by atoms with E-state index in [4.69, 9.17) is 10.8 Å². The van der Waals surface area contributed by atoms with Gasteiger partial charge in [0.25, 0.3) is 0 Å². The molecule has 4 radical (unpaired) electrons. The number of aromatic hydroxyl groups is 1. The molecule has 0 saturated heterocycles. The van der Waals surface area contributed by atoms with Crippen molar-refractivity contribution in [3.05, 3.63) is 29.3 Å². The van der Waals surface area contributed by atoms with Crippen LogP contribution >= 0.6 is 0 Å². The minimum atomic E-state index is -1.21. The number of carbonyl (C=O) groups excluding carboxylic acids is 1. The molecule has 0 aliphatic heterocycles. The van der Waals surface area contributed by atoms with Crippen LogP contribution in [-0.4, -0.2) is 49.4 Å². The van der Waals surface area contributed by atoms with Gasteiger partial charge in [0.05, 0.1) is 6.42 Å². The van der Waals surface area contributed by atoms with Gasteiger partial charge in [0.2, 0.25) is 5.91 Å². The number of phenols is 1. The van der Waals surface area contributed by atoms with Gasteiger partial charge in [-0.2, -0.15) is 0 Å². The Bertz CT molecular complexity index is 392. The number of carboxylic acids is 1. The fourth-order valence-electron chi connectivity index (χ4n) is 1.07. The van der Waals surface area contributed by atoms with E-state index >= 15 is 0 Å². The summed E-state index contributed by atoms with van der Waals surface area (Å²) in [5.41, 5.74) is 5.23. The molecule has 0 bridgehead atoms. The Hall–Kier alpha value is -1.12. The topological polar surface area (TPSA) is 101 Å². The average molecular weight is 402 g/mol. The molecule has 1 amide bonds. The standard InChI is InChI=1S/C9H9NO4.Pb/c10-8(12)4-5-1-2-6(9(13)14)7(11)3-5;/h1-3,11H,4H2,(H2,10,12)(H,13,14);. The van der Waals surface area contributed by atoms with Gasteiger partial charge in [0, 0.05) is 27.3 Å². The van der Waals surface area contributed by atoms with Crippen LogP contribution < -0.4 is 5.73 Å². The molecule has 6 heteroatoms. The van der Waals surface area contributed by atoms with Crippen LogP contribution in [0.5, 0.6) is 5.75 Å². The molecular weight excluding hydrogens is 393 g/mol. The summed E-state index contributed by atoms with van der Waals surface area (Å²) in [6, 6.07) is 3.89. The van der Waals surface area contributed by atoms with Crippen molar-refractivity contribution in [3.63, 3.8) is 0 Å². The number of carboxylic acid groups (broad SMARTS) is 1. The molecule has 1 aromatic carbocycles. The molecule has 0 aliphatic carbocycles. The second-order valence-electron chi connectivity index (χ2n) is 2.80. The van der Waals surface area contributed by atoms with Crippen molar-refractivity contribution in [2.45, 2.75) is 6.42 Å². The van der Waals surface area contributed by atoms with Crippen molar-refractivity contribution in [3.8, 4) is 5.75 Å². The van der Waals surface area contributed by atoms with E-state index in [0.717, 1.165) is 0 Å². The normalized spacial score (nSPS) is 9.07. The minimum Gasteiger partial charge on any atom is -0.507 e. The summed E-state index contributed by atoms with van der Waals surface area (Å²) in [6.45, 7) is 0. The number of hydrogen-bond acceptors (Lipinski definition) is 3. The maximum Gasteiger partial charge on any atom is 0.339 e. The molecule has 0 fully saturated rings. The Morgan fingerprint density at radius 1 is 1.33 bits per heavy atom. The molecule has 5 nitrogen and oxygen atoms in total. The third kappa shape index (κ3) is 3.86. The summed E-state index contributed by atoms with van der Waals surface area (Å²) >= 11 is 0. The SMILES string of the molecule is NC(=O)Cc1ccc(C(=O)O)c(O)c1.[Pb]. The quantitative estimate of drug-likeness (QED) is 0.607. The third-order valence-electron chi connectivity index (χ3n) is 1.67. The minimum absolute atomic E-state index is 0.